The lowest BCUT2D eigenvalue weighted by Crippen LogP contribution is -2.35. The van der Waals surface area contributed by atoms with Crippen molar-refractivity contribution in [2.24, 2.45) is 0 Å². The van der Waals surface area contributed by atoms with Crippen molar-refractivity contribution >= 4 is 51.3 Å². The summed E-state index contributed by atoms with van der Waals surface area (Å²) in [7, 11) is 0. The van der Waals surface area contributed by atoms with E-state index in [-0.39, 0.29) is 23.0 Å². The highest BCUT2D eigenvalue weighted by molar-refractivity contribution is 7.16. The molecule has 1 aromatic carbocycles. The van der Waals surface area contributed by atoms with Gasteiger partial charge in [-0.15, -0.1) is 11.3 Å². The maximum atomic E-state index is 14.0. The van der Waals surface area contributed by atoms with Crippen LogP contribution in [0.25, 0.3) is 0 Å². The Hall–Kier alpha value is -2.74. The Labute approximate surface area is 212 Å². The molecule has 2 aliphatic rings. The van der Waals surface area contributed by atoms with Gasteiger partial charge in [0.1, 0.15) is 16.9 Å². The zero-order valence-electron chi connectivity index (χ0n) is 18.0. The number of benzene rings is 1. The van der Waals surface area contributed by atoms with Crippen molar-refractivity contribution in [2.75, 3.05) is 10.6 Å². The van der Waals surface area contributed by atoms with E-state index in [4.69, 9.17) is 23.2 Å². The van der Waals surface area contributed by atoms with Crippen LogP contribution >= 0.6 is 34.5 Å². The molecule has 6 nitrogen and oxygen atoms in total. The number of hydrogen-bond acceptors (Lipinski definition) is 5. The van der Waals surface area contributed by atoms with Crippen molar-refractivity contribution in [3.63, 3.8) is 0 Å². The van der Waals surface area contributed by atoms with Gasteiger partial charge in [0.2, 0.25) is 0 Å². The standard InChI is InChI=1S/C23H18Cl2F3N5OS/c24-14-6-5-11(7-15(14)25)16-8-19(23(26,27)28)33-20(30-16)9-17(32-33)21(34)31-22-13(10-29)12-3-1-2-4-18(12)35-22/h5-7,9,16,19,30H,1-4,8H2,(H,31,34)/t16-,19+/m1/s1. The summed E-state index contributed by atoms with van der Waals surface area (Å²) < 4.78 is 42.7. The van der Waals surface area contributed by atoms with Crippen LogP contribution in [0.15, 0.2) is 24.3 Å². The van der Waals surface area contributed by atoms with Crippen molar-refractivity contribution < 1.29 is 18.0 Å². The van der Waals surface area contributed by atoms with Gasteiger partial charge in [0.05, 0.1) is 21.7 Å². The molecule has 1 amide bonds. The molecule has 2 aromatic heterocycles. The third-order valence-corrected chi connectivity index (χ3v) is 8.22. The van der Waals surface area contributed by atoms with Gasteiger partial charge < -0.3 is 10.6 Å². The average Bonchev–Trinajstić information content (AvgIpc) is 3.40. The van der Waals surface area contributed by atoms with Crippen molar-refractivity contribution in [1.82, 2.24) is 9.78 Å². The van der Waals surface area contributed by atoms with Crippen LogP contribution < -0.4 is 10.6 Å². The van der Waals surface area contributed by atoms with Gasteiger partial charge in [0, 0.05) is 17.4 Å². The number of carbonyl (C=O) groups is 1. The van der Waals surface area contributed by atoms with Crippen molar-refractivity contribution in [2.45, 2.75) is 50.4 Å². The van der Waals surface area contributed by atoms with Gasteiger partial charge in [-0.1, -0.05) is 29.3 Å². The highest BCUT2D eigenvalue weighted by Gasteiger charge is 2.47. The van der Waals surface area contributed by atoms with Gasteiger partial charge in [-0.2, -0.15) is 23.5 Å². The first-order valence-electron chi connectivity index (χ1n) is 10.9. The highest BCUT2D eigenvalue weighted by atomic mass is 35.5. The van der Waals surface area contributed by atoms with Gasteiger partial charge >= 0.3 is 6.18 Å². The minimum Gasteiger partial charge on any atom is -0.363 e. The summed E-state index contributed by atoms with van der Waals surface area (Å²) in [4.78, 5) is 14.0. The van der Waals surface area contributed by atoms with E-state index in [0.717, 1.165) is 40.8 Å². The lowest BCUT2D eigenvalue weighted by molar-refractivity contribution is -0.173. The monoisotopic (exact) mass is 539 g/mol. The van der Waals surface area contributed by atoms with Crippen molar-refractivity contribution in [3.8, 4) is 6.07 Å². The number of halogens is 5. The minimum atomic E-state index is -4.59. The fourth-order valence-corrected chi connectivity index (χ4v) is 6.11. The number of aromatic nitrogens is 2. The maximum Gasteiger partial charge on any atom is 0.410 e. The Morgan fingerprint density at radius 2 is 2.00 bits per heavy atom. The first-order chi connectivity index (χ1) is 16.7. The van der Waals surface area contributed by atoms with Gasteiger partial charge in [-0.05, 0) is 48.9 Å². The number of anilines is 2. The molecule has 35 heavy (non-hydrogen) atoms. The fourth-order valence-electron chi connectivity index (χ4n) is 4.57. The molecule has 0 radical (unpaired) electrons. The zero-order valence-corrected chi connectivity index (χ0v) is 20.4. The molecule has 1 aliphatic carbocycles. The van der Waals surface area contributed by atoms with E-state index < -0.39 is 24.2 Å². The summed E-state index contributed by atoms with van der Waals surface area (Å²) in [6, 6.07) is 5.45. The molecule has 12 heteroatoms. The SMILES string of the molecule is N#Cc1c(NC(=O)c2cc3n(n2)[C@H](C(F)(F)F)C[C@H](c2ccc(Cl)c(Cl)c2)N3)sc2c1CCCC2. The number of carbonyl (C=O) groups excluding carboxylic acids is 1. The maximum absolute atomic E-state index is 14.0. The summed E-state index contributed by atoms with van der Waals surface area (Å²) >= 11 is 13.4. The molecule has 5 rings (SSSR count). The lowest BCUT2D eigenvalue weighted by atomic mass is 9.96. The van der Waals surface area contributed by atoms with Gasteiger partial charge in [0.25, 0.3) is 5.91 Å². The third-order valence-electron chi connectivity index (χ3n) is 6.28. The molecule has 1 aliphatic heterocycles. The summed E-state index contributed by atoms with van der Waals surface area (Å²) in [6.07, 6.45) is -1.32. The number of rotatable bonds is 3. The first kappa shape index (κ1) is 24.0. The number of aryl methyl sites for hydroxylation is 1. The second kappa shape index (κ2) is 9.04. The molecule has 182 valence electrons. The van der Waals surface area contributed by atoms with Gasteiger partial charge in [-0.3, -0.25) is 4.79 Å². The Kier molecular flexibility index (Phi) is 6.20. The third kappa shape index (κ3) is 4.48. The van der Waals surface area contributed by atoms with Crippen LogP contribution in [0.5, 0.6) is 0 Å². The number of amides is 1. The topological polar surface area (TPSA) is 82.7 Å². The number of nitriles is 1. The Morgan fingerprint density at radius 3 is 2.71 bits per heavy atom. The molecule has 0 saturated heterocycles. The summed E-state index contributed by atoms with van der Waals surface area (Å²) in [5.74, 6) is -0.610. The number of nitrogens with one attached hydrogen (secondary N) is 2. The highest BCUT2D eigenvalue weighted by Crippen LogP contribution is 2.44. The van der Waals surface area contributed by atoms with Gasteiger partial charge in [0.15, 0.2) is 11.7 Å². The normalized spacial score (nSPS) is 19.3. The van der Waals surface area contributed by atoms with Crippen LogP contribution in [0, 0.1) is 11.3 Å². The number of thiophene rings is 1. The van der Waals surface area contributed by atoms with E-state index >= 15 is 0 Å². The molecule has 0 spiro atoms. The molecule has 3 heterocycles. The lowest BCUT2D eigenvalue weighted by Gasteiger charge is -2.33. The number of nitrogens with zero attached hydrogens (tertiary/aromatic N) is 3. The molecule has 0 fully saturated rings. The predicted molar refractivity (Wildman–Crippen MR) is 128 cm³/mol. The Morgan fingerprint density at radius 1 is 1.23 bits per heavy atom. The van der Waals surface area contributed by atoms with Crippen LogP contribution in [-0.4, -0.2) is 21.9 Å². The van der Waals surface area contributed by atoms with Crippen LogP contribution in [-0.2, 0) is 12.8 Å². The molecule has 2 N–H and O–H groups in total. The number of hydrogen-bond donors (Lipinski definition) is 2. The van der Waals surface area contributed by atoms with E-state index in [9.17, 15) is 23.2 Å². The average molecular weight is 540 g/mol. The molecule has 3 aromatic rings. The van der Waals surface area contributed by atoms with E-state index in [1.54, 1.807) is 6.07 Å². The van der Waals surface area contributed by atoms with Crippen molar-refractivity contribution in [1.29, 1.82) is 5.26 Å². The number of fused-ring (bicyclic) bond motifs is 2. The molecular formula is C23H18Cl2F3N5OS. The van der Waals surface area contributed by atoms with Crippen LogP contribution in [0.2, 0.25) is 10.0 Å². The largest absolute Gasteiger partial charge is 0.410 e. The second-order valence-corrected chi connectivity index (χ2v) is 10.4. The van der Waals surface area contributed by atoms with E-state index in [1.807, 2.05) is 0 Å². The van der Waals surface area contributed by atoms with Crippen LogP contribution in [0.4, 0.5) is 24.0 Å². The molecule has 0 saturated carbocycles. The van der Waals surface area contributed by atoms with E-state index in [1.165, 1.54) is 29.5 Å². The summed E-state index contributed by atoms with van der Waals surface area (Å²) in [6.45, 7) is 0. The number of alkyl halides is 3. The zero-order chi connectivity index (χ0) is 24.9. The minimum absolute atomic E-state index is 0.0609. The van der Waals surface area contributed by atoms with Crippen LogP contribution in [0.1, 0.15) is 63.4 Å². The van der Waals surface area contributed by atoms with E-state index in [0.29, 0.717) is 21.2 Å². The fraction of sp³-hybridized carbons (Fsp3) is 0.348. The van der Waals surface area contributed by atoms with Crippen LogP contribution in [0.3, 0.4) is 0 Å². The Balaban J connectivity index is 1.45. The summed E-state index contributed by atoms with van der Waals surface area (Å²) in [5.41, 5.74) is 1.74. The smallest absolute Gasteiger partial charge is 0.363 e. The summed E-state index contributed by atoms with van der Waals surface area (Å²) in [5, 5.41) is 20.3. The Bertz CT molecular complexity index is 1360. The molecule has 2 atom stereocenters. The van der Waals surface area contributed by atoms with Gasteiger partial charge in [-0.25, -0.2) is 4.68 Å². The molecule has 0 bridgehead atoms. The predicted octanol–water partition coefficient (Wildman–Crippen LogP) is 6.91. The molecular weight excluding hydrogens is 522 g/mol. The first-order valence-corrected chi connectivity index (χ1v) is 12.5. The van der Waals surface area contributed by atoms with Crippen molar-refractivity contribution in [3.05, 3.63) is 61.6 Å². The molecule has 0 unspecified atom stereocenters. The van der Waals surface area contributed by atoms with E-state index in [2.05, 4.69) is 21.8 Å². The second-order valence-electron chi connectivity index (χ2n) is 8.50. The quantitative estimate of drug-likeness (QED) is 0.378.